The van der Waals surface area contributed by atoms with Crippen LogP contribution in [0.4, 0.5) is 0 Å². The predicted octanol–water partition coefficient (Wildman–Crippen LogP) is 2.39. The molecule has 0 saturated carbocycles. The quantitative estimate of drug-likeness (QED) is 0.916. The third-order valence-electron chi connectivity index (χ3n) is 4.61. The van der Waals surface area contributed by atoms with Gasteiger partial charge in [0, 0.05) is 50.2 Å². The Kier molecular flexibility index (Phi) is 5.13. The lowest BCUT2D eigenvalue weighted by Gasteiger charge is -2.32. The molecule has 1 amide bonds. The number of nitrogens with zero attached hydrogens (tertiary/aromatic N) is 3. The van der Waals surface area contributed by atoms with Crippen molar-refractivity contribution in [3.05, 3.63) is 52.5 Å². The monoisotopic (exact) mass is 328 g/mol. The Morgan fingerprint density at radius 2 is 2.29 bits per heavy atom. The van der Waals surface area contributed by atoms with Gasteiger partial charge in [0.05, 0.1) is 5.56 Å². The summed E-state index contributed by atoms with van der Waals surface area (Å²) in [6.07, 6.45) is 9.70. The van der Waals surface area contributed by atoms with Crippen molar-refractivity contribution in [3.8, 4) is 0 Å². The summed E-state index contributed by atoms with van der Waals surface area (Å²) in [5.74, 6) is 1.34. The van der Waals surface area contributed by atoms with Gasteiger partial charge in [0.25, 0.3) is 5.91 Å². The van der Waals surface area contributed by atoms with Crippen molar-refractivity contribution < 1.29 is 4.79 Å². The summed E-state index contributed by atoms with van der Waals surface area (Å²) < 4.78 is 2.22. The van der Waals surface area contributed by atoms with Crippen LogP contribution in [0.3, 0.4) is 0 Å². The number of amides is 1. The van der Waals surface area contributed by atoms with Crippen molar-refractivity contribution >= 4 is 5.91 Å². The van der Waals surface area contributed by atoms with E-state index in [-0.39, 0.29) is 17.4 Å². The highest BCUT2D eigenvalue weighted by atomic mass is 16.2. The first-order valence-electron chi connectivity index (χ1n) is 8.68. The number of piperidine rings is 1. The normalized spacial score (nSPS) is 17.9. The molecule has 24 heavy (non-hydrogen) atoms. The second-order valence-corrected chi connectivity index (χ2v) is 6.36. The van der Waals surface area contributed by atoms with Gasteiger partial charge >= 0.3 is 0 Å². The number of rotatable bonds is 5. The number of hydrogen-bond acceptors (Lipinski definition) is 3. The third-order valence-corrected chi connectivity index (χ3v) is 4.61. The molecule has 0 bridgehead atoms. The van der Waals surface area contributed by atoms with Gasteiger partial charge in [0.15, 0.2) is 0 Å². The van der Waals surface area contributed by atoms with Gasteiger partial charge in [-0.3, -0.25) is 9.59 Å². The van der Waals surface area contributed by atoms with Crippen LogP contribution in [0.15, 0.2) is 35.5 Å². The maximum absolute atomic E-state index is 12.7. The van der Waals surface area contributed by atoms with Crippen LogP contribution in [-0.2, 0) is 6.54 Å². The second-order valence-electron chi connectivity index (χ2n) is 6.36. The molecule has 1 aliphatic rings. The van der Waals surface area contributed by atoms with Crippen molar-refractivity contribution in [2.45, 2.75) is 45.1 Å². The molecular formula is C18H24N4O2. The van der Waals surface area contributed by atoms with E-state index in [1.807, 2.05) is 17.3 Å². The lowest BCUT2D eigenvalue weighted by atomic mass is 9.96. The fraction of sp³-hybridized carbons (Fsp3) is 0.500. The van der Waals surface area contributed by atoms with Crippen LogP contribution in [0.25, 0.3) is 0 Å². The van der Waals surface area contributed by atoms with Crippen LogP contribution in [0, 0.1) is 0 Å². The molecule has 6 heteroatoms. The summed E-state index contributed by atoms with van der Waals surface area (Å²) in [4.78, 5) is 32.8. The van der Waals surface area contributed by atoms with Crippen molar-refractivity contribution in [2.24, 2.45) is 0 Å². The number of pyridine rings is 1. The summed E-state index contributed by atoms with van der Waals surface area (Å²) in [5, 5.41) is 0. The molecule has 1 aliphatic heterocycles. The largest absolute Gasteiger partial charge is 0.338 e. The fourth-order valence-electron chi connectivity index (χ4n) is 3.30. The zero-order valence-corrected chi connectivity index (χ0v) is 14.1. The van der Waals surface area contributed by atoms with Crippen LogP contribution in [0.2, 0.25) is 0 Å². The SMILES string of the molecule is CCCCn1ccnc1[C@@H]1CCCN(C(=O)c2ccc(=O)[nH]c2)C1. The molecule has 1 fully saturated rings. The highest BCUT2D eigenvalue weighted by Crippen LogP contribution is 2.27. The fourth-order valence-corrected chi connectivity index (χ4v) is 3.30. The number of H-pyrrole nitrogens is 1. The van der Waals surface area contributed by atoms with Gasteiger partial charge < -0.3 is 14.5 Å². The van der Waals surface area contributed by atoms with Crippen LogP contribution in [0.1, 0.15) is 54.7 Å². The maximum atomic E-state index is 12.7. The van der Waals surface area contributed by atoms with Gasteiger partial charge in [-0.05, 0) is 25.3 Å². The van der Waals surface area contributed by atoms with Crippen molar-refractivity contribution in [3.63, 3.8) is 0 Å². The Morgan fingerprint density at radius 3 is 3.04 bits per heavy atom. The number of aromatic amines is 1. The van der Waals surface area contributed by atoms with Gasteiger partial charge in [-0.2, -0.15) is 0 Å². The zero-order chi connectivity index (χ0) is 16.9. The average molecular weight is 328 g/mol. The van der Waals surface area contributed by atoms with Crippen molar-refractivity contribution in [2.75, 3.05) is 13.1 Å². The van der Waals surface area contributed by atoms with Crippen LogP contribution < -0.4 is 5.56 Å². The van der Waals surface area contributed by atoms with Gasteiger partial charge in [-0.25, -0.2) is 4.98 Å². The van der Waals surface area contributed by atoms with Gasteiger partial charge in [-0.1, -0.05) is 13.3 Å². The number of hydrogen-bond donors (Lipinski definition) is 1. The topological polar surface area (TPSA) is 71.0 Å². The minimum absolute atomic E-state index is 0.0254. The van der Waals surface area contributed by atoms with Gasteiger partial charge in [-0.15, -0.1) is 0 Å². The molecule has 1 N–H and O–H groups in total. The molecule has 0 spiro atoms. The number of carbonyl (C=O) groups is 1. The Balaban J connectivity index is 1.72. The highest BCUT2D eigenvalue weighted by Gasteiger charge is 2.28. The smallest absolute Gasteiger partial charge is 0.255 e. The maximum Gasteiger partial charge on any atom is 0.255 e. The van der Waals surface area contributed by atoms with E-state index in [0.717, 1.165) is 44.6 Å². The van der Waals surface area contributed by atoms with Crippen molar-refractivity contribution in [1.29, 1.82) is 0 Å². The number of aryl methyl sites for hydroxylation is 1. The number of likely N-dealkylation sites (tertiary alicyclic amines) is 1. The Morgan fingerprint density at radius 1 is 1.42 bits per heavy atom. The highest BCUT2D eigenvalue weighted by molar-refractivity contribution is 5.93. The van der Waals surface area contributed by atoms with E-state index in [4.69, 9.17) is 0 Å². The van der Waals surface area contributed by atoms with Crippen LogP contribution in [0.5, 0.6) is 0 Å². The van der Waals surface area contributed by atoms with Gasteiger partial charge in [0.1, 0.15) is 5.82 Å². The van der Waals surface area contributed by atoms with E-state index in [2.05, 4.69) is 21.5 Å². The molecule has 0 aliphatic carbocycles. The Bertz CT molecular complexity index is 729. The lowest BCUT2D eigenvalue weighted by molar-refractivity contribution is 0.0703. The molecule has 1 saturated heterocycles. The summed E-state index contributed by atoms with van der Waals surface area (Å²) >= 11 is 0. The van der Waals surface area contributed by atoms with Gasteiger partial charge in [0.2, 0.25) is 5.56 Å². The molecule has 0 radical (unpaired) electrons. The minimum atomic E-state index is -0.193. The number of aromatic nitrogens is 3. The molecule has 1 atom stereocenters. The molecule has 2 aromatic heterocycles. The number of unbranched alkanes of at least 4 members (excludes halogenated alkanes) is 1. The molecule has 128 valence electrons. The zero-order valence-electron chi connectivity index (χ0n) is 14.1. The predicted molar refractivity (Wildman–Crippen MR) is 92.1 cm³/mol. The summed E-state index contributed by atoms with van der Waals surface area (Å²) in [7, 11) is 0. The Labute approximate surface area is 141 Å². The van der Waals surface area contributed by atoms with E-state index in [0.29, 0.717) is 12.1 Å². The molecule has 3 heterocycles. The summed E-state index contributed by atoms with van der Waals surface area (Å²) in [6.45, 7) is 4.60. The minimum Gasteiger partial charge on any atom is -0.338 e. The lowest BCUT2D eigenvalue weighted by Crippen LogP contribution is -2.40. The standard InChI is InChI=1S/C18H24N4O2/c1-2-3-9-21-11-8-19-17(21)15-5-4-10-22(13-15)18(24)14-6-7-16(23)20-12-14/h6-8,11-12,15H,2-5,9-10,13H2,1H3,(H,20,23)/t15-/m1/s1. The average Bonchev–Trinajstić information content (AvgIpc) is 3.08. The molecule has 0 aromatic carbocycles. The van der Waals surface area contributed by atoms with Crippen molar-refractivity contribution in [1.82, 2.24) is 19.4 Å². The van der Waals surface area contributed by atoms with Crippen LogP contribution >= 0.6 is 0 Å². The molecule has 6 nitrogen and oxygen atoms in total. The summed E-state index contributed by atoms with van der Waals surface area (Å²) in [6, 6.07) is 2.99. The first-order chi connectivity index (χ1) is 11.7. The molecular weight excluding hydrogens is 304 g/mol. The first-order valence-corrected chi connectivity index (χ1v) is 8.68. The van der Waals surface area contributed by atoms with E-state index in [9.17, 15) is 9.59 Å². The van der Waals surface area contributed by atoms with E-state index < -0.39 is 0 Å². The van der Waals surface area contributed by atoms with E-state index in [1.165, 1.54) is 12.3 Å². The van der Waals surface area contributed by atoms with E-state index >= 15 is 0 Å². The number of carbonyl (C=O) groups excluding carboxylic acids is 1. The summed E-state index contributed by atoms with van der Waals surface area (Å²) in [5.41, 5.74) is 0.339. The van der Waals surface area contributed by atoms with E-state index in [1.54, 1.807) is 6.07 Å². The first kappa shape index (κ1) is 16.5. The van der Waals surface area contributed by atoms with Crippen LogP contribution in [-0.4, -0.2) is 38.4 Å². The molecule has 0 unspecified atom stereocenters. The molecule has 3 rings (SSSR count). The Hall–Kier alpha value is -2.37. The second kappa shape index (κ2) is 7.47. The third kappa shape index (κ3) is 3.58. The molecule has 2 aromatic rings. The number of imidazole rings is 1. The number of nitrogens with one attached hydrogen (secondary N) is 1.